The normalized spacial score (nSPS) is 14.1. The van der Waals surface area contributed by atoms with Crippen molar-refractivity contribution in [2.24, 2.45) is 11.1 Å². The zero-order valence-electron chi connectivity index (χ0n) is 7.92. The van der Waals surface area contributed by atoms with Gasteiger partial charge in [-0.15, -0.1) is 0 Å². The van der Waals surface area contributed by atoms with Crippen LogP contribution in [0.3, 0.4) is 0 Å². The van der Waals surface area contributed by atoms with Crippen LogP contribution in [0.2, 0.25) is 0 Å². The second-order valence-corrected chi connectivity index (χ2v) is 3.86. The highest BCUT2D eigenvalue weighted by atomic mass is 16.3. The van der Waals surface area contributed by atoms with Gasteiger partial charge in [-0.1, -0.05) is 20.8 Å². The second-order valence-electron chi connectivity index (χ2n) is 3.86. The summed E-state index contributed by atoms with van der Waals surface area (Å²) in [6, 6.07) is -0.524. The summed E-state index contributed by atoms with van der Waals surface area (Å²) in [5.41, 5.74) is 5.40. The Hall–Kier alpha value is -0.610. The fourth-order valence-corrected chi connectivity index (χ4v) is 0.682. The van der Waals surface area contributed by atoms with Crippen LogP contribution < -0.4 is 11.1 Å². The number of aliphatic hydroxyl groups is 1. The number of aliphatic hydroxyl groups excluding tert-OH is 1. The molecule has 0 aliphatic rings. The molecule has 0 saturated carbocycles. The first-order chi connectivity index (χ1) is 5.39. The van der Waals surface area contributed by atoms with Gasteiger partial charge < -0.3 is 16.2 Å². The van der Waals surface area contributed by atoms with Gasteiger partial charge in [-0.25, -0.2) is 0 Å². The van der Waals surface area contributed by atoms with Crippen molar-refractivity contribution < 1.29 is 9.90 Å². The average Bonchev–Trinajstić information content (AvgIpc) is 1.97. The van der Waals surface area contributed by atoms with Gasteiger partial charge in [0.1, 0.15) is 0 Å². The maximum Gasteiger partial charge on any atom is 0.237 e. The minimum Gasteiger partial charge on any atom is -0.395 e. The molecule has 0 aromatic heterocycles. The van der Waals surface area contributed by atoms with E-state index in [9.17, 15) is 4.79 Å². The fourth-order valence-electron chi connectivity index (χ4n) is 0.682. The van der Waals surface area contributed by atoms with Crippen molar-refractivity contribution in [2.75, 3.05) is 13.2 Å². The van der Waals surface area contributed by atoms with Crippen LogP contribution in [0.25, 0.3) is 0 Å². The Morgan fingerprint density at radius 3 is 2.42 bits per heavy atom. The van der Waals surface area contributed by atoms with E-state index in [0.29, 0.717) is 0 Å². The van der Waals surface area contributed by atoms with Crippen LogP contribution in [0, 0.1) is 5.41 Å². The van der Waals surface area contributed by atoms with Gasteiger partial charge in [-0.05, 0) is 5.41 Å². The van der Waals surface area contributed by atoms with Crippen LogP contribution >= 0.6 is 0 Å². The summed E-state index contributed by atoms with van der Waals surface area (Å²) in [5.74, 6) is -0.212. The number of hydrogen-bond donors (Lipinski definition) is 3. The summed E-state index contributed by atoms with van der Waals surface area (Å²) in [6.45, 7) is 5.91. The highest BCUT2D eigenvalue weighted by Gasteiger charge is 2.26. The van der Waals surface area contributed by atoms with Gasteiger partial charge in [-0.2, -0.15) is 0 Å². The Morgan fingerprint density at radius 2 is 2.08 bits per heavy atom. The molecular weight excluding hydrogens is 156 g/mol. The van der Waals surface area contributed by atoms with E-state index in [1.807, 2.05) is 20.8 Å². The average molecular weight is 174 g/mol. The molecule has 4 N–H and O–H groups in total. The summed E-state index contributed by atoms with van der Waals surface area (Å²) < 4.78 is 0. The topological polar surface area (TPSA) is 75.4 Å². The summed E-state index contributed by atoms with van der Waals surface area (Å²) in [7, 11) is 0. The molecule has 0 heterocycles. The Morgan fingerprint density at radius 1 is 1.58 bits per heavy atom. The number of carbonyl (C=O) groups is 1. The molecule has 0 aromatic carbocycles. The third-order valence-electron chi connectivity index (χ3n) is 1.63. The molecule has 4 heteroatoms. The van der Waals surface area contributed by atoms with Crippen LogP contribution in [-0.4, -0.2) is 30.2 Å². The standard InChI is InChI=1S/C8H18N2O2/c1-8(2,3)6(9)7(12)10-4-5-11/h6,11H,4-5,9H2,1-3H3,(H,10,12). The zero-order chi connectivity index (χ0) is 9.78. The maximum atomic E-state index is 11.2. The summed E-state index contributed by atoms with van der Waals surface area (Å²) in [6.07, 6.45) is 0. The molecule has 1 amide bonds. The van der Waals surface area contributed by atoms with Crippen molar-refractivity contribution in [2.45, 2.75) is 26.8 Å². The second kappa shape index (κ2) is 4.42. The van der Waals surface area contributed by atoms with E-state index in [0.717, 1.165) is 0 Å². The molecule has 0 aliphatic carbocycles. The predicted octanol–water partition coefficient (Wildman–Crippen LogP) is -0.532. The molecule has 0 saturated heterocycles. The summed E-state index contributed by atoms with van der Waals surface area (Å²) in [4.78, 5) is 11.2. The van der Waals surface area contributed by atoms with Gasteiger partial charge in [0, 0.05) is 6.54 Å². The first kappa shape index (κ1) is 11.4. The van der Waals surface area contributed by atoms with Crippen molar-refractivity contribution in [3.8, 4) is 0 Å². The zero-order valence-corrected chi connectivity index (χ0v) is 7.92. The lowest BCUT2D eigenvalue weighted by molar-refractivity contribution is -0.124. The number of nitrogens with two attached hydrogens (primary N) is 1. The molecule has 72 valence electrons. The lowest BCUT2D eigenvalue weighted by atomic mass is 9.87. The van der Waals surface area contributed by atoms with Crippen LogP contribution in [-0.2, 0) is 4.79 Å². The third-order valence-corrected chi connectivity index (χ3v) is 1.63. The van der Waals surface area contributed by atoms with Gasteiger partial charge in [0.25, 0.3) is 0 Å². The lowest BCUT2D eigenvalue weighted by Crippen LogP contribution is -2.49. The van der Waals surface area contributed by atoms with E-state index in [1.54, 1.807) is 0 Å². The van der Waals surface area contributed by atoms with Crippen LogP contribution in [0.15, 0.2) is 0 Å². The highest BCUT2D eigenvalue weighted by molar-refractivity contribution is 5.82. The molecule has 12 heavy (non-hydrogen) atoms. The van der Waals surface area contributed by atoms with Crippen molar-refractivity contribution in [3.63, 3.8) is 0 Å². The molecule has 0 bridgehead atoms. The first-order valence-corrected chi connectivity index (χ1v) is 4.03. The van der Waals surface area contributed by atoms with E-state index < -0.39 is 6.04 Å². The molecule has 1 unspecified atom stereocenters. The van der Waals surface area contributed by atoms with Gasteiger partial charge in [0.2, 0.25) is 5.91 Å². The Kier molecular flexibility index (Phi) is 4.20. The molecule has 4 nitrogen and oxygen atoms in total. The van der Waals surface area contributed by atoms with Crippen LogP contribution in [0.4, 0.5) is 0 Å². The Labute approximate surface area is 73.1 Å². The first-order valence-electron chi connectivity index (χ1n) is 4.03. The van der Waals surface area contributed by atoms with E-state index in [4.69, 9.17) is 10.8 Å². The molecule has 0 rings (SSSR count). The largest absolute Gasteiger partial charge is 0.395 e. The van der Waals surface area contributed by atoms with E-state index in [2.05, 4.69) is 5.32 Å². The predicted molar refractivity (Wildman–Crippen MR) is 47.5 cm³/mol. The SMILES string of the molecule is CC(C)(C)C(N)C(=O)NCCO. The van der Waals surface area contributed by atoms with Gasteiger partial charge >= 0.3 is 0 Å². The molecular formula is C8H18N2O2. The van der Waals surface area contributed by atoms with Crippen molar-refractivity contribution >= 4 is 5.91 Å². The number of rotatable bonds is 3. The molecule has 1 atom stereocenters. The monoisotopic (exact) mass is 174 g/mol. The minimum absolute atomic E-state index is 0.0530. The third kappa shape index (κ3) is 3.69. The number of nitrogens with one attached hydrogen (secondary N) is 1. The summed E-state index contributed by atoms with van der Waals surface area (Å²) in [5, 5.41) is 11.0. The van der Waals surface area contributed by atoms with E-state index in [1.165, 1.54) is 0 Å². The van der Waals surface area contributed by atoms with E-state index in [-0.39, 0.29) is 24.5 Å². The molecule has 0 aromatic rings. The maximum absolute atomic E-state index is 11.2. The fraction of sp³-hybridized carbons (Fsp3) is 0.875. The molecule has 0 radical (unpaired) electrons. The van der Waals surface area contributed by atoms with Gasteiger partial charge in [0.05, 0.1) is 12.6 Å². The number of carbonyl (C=O) groups excluding carboxylic acids is 1. The van der Waals surface area contributed by atoms with Crippen molar-refractivity contribution in [3.05, 3.63) is 0 Å². The number of hydrogen-bond acceptors (Lipinski definition) is 3. The smallest absolute Gasteiger partial charge is 0.237 e. The van der Waals surface area contributed by atoms with E-state index >= 15 is 0 Å². The Balaban J connectivity index is 3.94. The Bertz CT molecular complexity index is 152. The summed E-state index contributed by atoms with van der Waals surface area (Å²) >= 11 is 0. The van der Waals surface area contributed by atoms with Gasteiger partial charge in [0.15, 0.2) is 0 Å². The van der Waals surface area contributed by atoms with Gasteiger partial charge in [-0.3, -0.25) is 4.79 Å². The quantitative estimate of drug-likeness (QED) is 0.538. The van der Waals surface area contributed by atoms with Crippen molar-refractivity contribution in [1.29, 1.82) is 0 Å². The molecule has 0 aliphatic heterocycles. The van der Waals surface area contributed by atoms with Crippen LogP contribution in [0.5, 0.6) is 0 Å². The number of amides is 1. The molecule has 0 fully saturated rings. The minimum atomic E-state index is -0.524. The van der Waals surface area contributed by atoms with Crippen molar-refractivity contribution in [1.82, 2.24) is 5.32 Å². The lowest BCUT2D eigenvalue weighted by Gasteiger charge is -2.25. The highest BCUT2D eigenvalue weighted by Crippen LogP contribution is 2.16. The molecule has 0 spiro atoms. The van der Waals surface area contributed by atoms with Crippen LogP contribution in [0.1, 0.15) is 20.8 Å².